The van der Waals surface area contributed by atoms with Crippen molar-refractivity contribution < 1.29 is 22.7 Å². The summed E-state index contributed by atoms with van der Waals surface area (Å²) in [6, 6.07) is 12.1. The Bertz CT molecular complexity index is 1100. The molecule has 0 aliphatic rings. The van der Waals surface area contributed by atoms with Gasteiger partial charge >= 0.3 is 0 Å². The molecule has 0 aliphatic heterocycles. The molecule has 0 heterocycles. The fraction of sp³-hybridized carbons (Fsp3) is 0.440. The molecule has 2 rings (SSSR count). The molecule has 1 N–H and O–H groups in total. The highest BCUT2D eigenvalue weighted by Gasteiger charge is 2.32. The van der Waals surface area contributed by atoms with E-state index in [1.165, 1.54) is 12.0 Å². The first-order valence-electron chi connectivity index (χ1n) is 11.3. The SMILES string of the molecule is CCNC(=O)C(CC)N(Cc1ccc(C)cc1)C(=O)CN(c1cc(C)ccc1OC)S(C)(=O)=O. The molecule has 2 aromatic carbocycles. The molecule has 2 amide bonds. The number of nitrogens with zero attached hydrogens (tertiary/aromatic N) is 2. The van der Waals surface area contributed by atoms with E-state index in [0.29, 0.717) is 18.7 Å². The second-order valence-corrected chi connectivity index (χ2v) is 10.2. The number of anilines is 1. The van der Waals surface area contributed by atoms with E-state index in [-0.39, 0.29) is 18.1 Å². The normalized spacial score (nSPS) is 12.1. The minimum Gasteiger partial charge on any atom is -0.495 e. The fourth-order valence-corrected chi connectivity index (χ4v) is 4.54. The Morgan fingerprint density at radius 3 is 2.18 bits per heavy atom. The van der Waals surface area contributed by atoms with Gasteiger partial charge in [0.2, 0.25) is 21.8 Å². The van der Waals surface area contributed by atoms with Crippen LogP contribution in [-0.4, -0.2) is 57.6 Å². The molecule has 0 fully saturated rings. The summed E-state index contributed by atoms with van der Waals surface area (Å²) in [6.45, 7) is 7.58. The quantitative estimate of drug-likeness (QED) is 0.523. The number of hydrogen-bond donors (Lipinski definition) is 1. The highest BCUT2D eigenvalue weighted by molar-refractivity contribution is 7.92. The van der Waals surface area contributed by atoms with Crippen molar-refractivity contribution in [1.82, 2.24) is 10.2 Å². The molecule has 0 radical (unpaired) electrons. The van der Waals surface area contributed by atoms with Gasteiger partial charge in [-0.1, -0.05) is 42.8 Å². The molecule has 0 bridgehead atoms. The minimum atomic E-state index is -3.83. The summed E-state index contributed by atoms with van der Waals surface area (Å²) >= 11 is 0. The van der Waals surface area contributed by atoms with Crippen LogP contribution in [0.4, 0.5) is 5.69 Å². The van der Waals surface area contributed by atoms with E-state index in [4.69, 9.17) is 4.74 Å². The maximum absolute atomic E-state index is 13.6. The number of carbonyl (C=O) groups is 2. The van der Waals surface area contributed by atoms with Crippen LogP contribution in [0.2, 0.25) is 0 Å². The van der Waals surface area contributed by atoms with Crippen molar-refractivity contribution in [3.63, 3.8) is 0 Å². The largest absolute Gasteiger partial charge is 0.495 e. The predicted molar refractivity (Wildman–Crippen MR) is 134 cm³/mol. The van der Waals surface area contributed by atoms with Crippen LogP contribution in [0.3, 0.4) is 0 Å². The summed E-state index contributed by atoms with van der Waals surface area (Å²) in [6.07, 6.45) is 1.43. The van der Waals surface area contributed by atoms with E-state index in [1.54, 1.807) is 18.2 Å². The molecule has 2 aromatic rings. The standard InChI is InChI=1S/C25H35N3O5S/c1-7-21(25(30)26-8-2)27(16-20-12-9-18(3)10-13-20)24(29)17-28(34(6,31)32)22-15-19(4)11-14-23(22)33-5/h9-15,21H,7-8,16-17H2,1-6H3,(H,26,30). The smallest absolute Gasteiger partial charge is 0.244 e. The lowest BCUT2D eigenvalue weighted by atomic mass is 10.1. The number of nitrogens with one attached hydrogen (secondary N) is 1. The second kappa shape index (κ2) is 11.9. The van der Waals surface area contributed by atoms with Crippen LogP contribution in [0.5, 0.6) is 5.75 Å². The van der Waals surface area contributed by atoms with E-state index in [0.717, 1.165) is 27.3 Å². The van der Waals surface area contributed by atoms with Crippen LogP contribution < -0.4 is 14.4 Å². The Labute approximate surface area is 202 Å². The van der Waals surface area contributed by atoms with Crippen molar-refractivity contribution in [1.29, 1.82) is 0 Å². The van der Waals surface area contributed by atoms with Crippen molar-refractivity contribution in [2.75, 3.05) is 30.8 Å². The predicted octanol–water partition coefficient (Wildman–Crippen LogP) is 3.02. The lowest BCUT2D eigenvalue weighted by Crippen LogP contribution is -2.52. The lowest BCUT2D eigenvalue weighted by molar-refractivity contribution is -0.140. The zero-order valence-corrected chi connectivity index (χ0v) is 21.6. The maximum atomic E-state index is 13.6. The summed E-state index contributed by atoms with van der Waals surface area (Å²) in [7, 11) is -2.39. The number of hydrogen-bond acceptors (Lipinski definition) is 5. The van der Waals surface area contributed by atoms with Crippen LogP contribution in [0.15, 0.2) is 42.5 Å². The van der Waals surface area contributed by atoms with Crippen molar-refractivity contribution in [2.45, 2.75) is 46.7 Å². The molecule has 0 aliphatic carbocycles. The van der Waals surface area contributed by atoms with Gasteiger partial charge in [0.1, 0.15) is 18.3 Å². The summed E-state index contributed by atoms with van der Waals surface area (Å²) in [5.74, 6) is -0.415. The molecular formula is C25H35N3O5S. The van der Waals surface area contributed by atoms with Gasteiger partial charge in [0.15, 0.2) is 0 Å². The molecule has 0 spiro atoms. The summed E-state index contributed by atoms with van der Waals surface area (Å²) in [5, 5.41) is 2.78. The van der Waals surface area contributed by atoms with Crippen molar-refractivity contribution >= 4 is 27.5 Å². The third kappa shape index (κ3) is 6.96. The van der Waals surface area contributed by atoms with Gasteiger partial charge in [-0.3, -0.25) is 13.9 Å². The number of aryl methyl sites for hydroxylation is 2. The van der Waals surface area contributed by atoms with Gasteiger partial charge in [-0.15, -0.1) is 0 Å². The van der Waals surface area contributed by atoms with Crippen molar-refractivity contribution in [3.8, 4) is 5.75 Å². The highest BCUT2D eigenvalue weighted by Crippen LogP contribution is 2.31. The van der Waals surface area contributed by atoms with E-state index in [2.05, 4.69) is 5.32 Å². The van der Waals surface area contributed by atoms with E-state index < -0.39 is 28.5 Å². The van der Waals surface area contributed by atoms with Crippen molar-refractivity contribution in [3.05, 3.63) is 59.2 Å². The molecule has 8 nitrogen and oxygen atoms in total. The molecule has 0 saturated carbocycles. The van der Waals surface area contributed by atoms with E-state index >= 15 is 0 Å². The number of benzene rings is 2. The Morgan fingerprint density at radius 2 is 1.65 bits per heavy atom. The van der Waals surface area contributed by atoms with Crippen LogP contribution >= 0.6 is 0 Å². The number of sulfonamides is 1. The van der Waals surface area contributed by atoms with Gasteiger partial charge in [-0.25, -0.2) is 8.42 Å². The van der Waals surface area contributed by atoms with E-state index in [1.807, 2.05) is 52.0 Å². The van der Waals surface area contributed by atoms with Crippen LogP contribution in [0, 0.1) is 13.8 Å². The van der Waals surface area contributed by atoms with Crippen molar-refractivity contribution in [2.24, 2.45) is 0 Å². The topological polar surface area (TPSA) is 96.0 Å². The molecule has 0 saturated heterocycles. The number of amides is 2. The monoisotopic (exact) mass is 489 g/mol. The van der Waals surface area contributed by atoms with Crippen LogP contribution in [-0.2, 0) is 26.2 Å². The number of likely N-dealkylation sites (N-methyl/N-ethyl adjacent to an activating group) is 1. The Kier molecular flexibility index (Phi) is 9.49. The number of ether oxygens (including phenoxy) is 1. The first-order chi connectivity index (χ1) is 16.0. The highest BCUT2D eigenvalue weighted by atomic mass is 32.2. The Morgan fingerprint density at radius 1 is 1.03 bits per heavy atom. The van der Waals surface area contributed by atoms with Gasteiger partial charge in [0, 0.05) is 13.1 Å². The minimum absolute atomic E-state index is 0.178. The molecule has 9 heteroatoms. The summed E-state index contributed by atoms with van der Waals surface area (Å²) in [5.41, 5.74) is 3.02. The molecule has 0 aromatic heterocycles. The van der Waals surface area contributed by atoms with Gasteiger partial charge < -0.3 is 15.0 Å². The first-order valence-corrected chi connectivity index (χ1v) is 13.1. The second-order valence-electron chi connectivity index (χ2n) is 8.27. The van der Waals surface area contributed by atoms with Gasteiger partial charge in [0.25, 0.3) is 0 Å². The molecule has 1 atom stereocenters. The Hall–Kier alpha value is -3.07. The van der Waals surface area contributed by atoms with Crippen LogP contribution in [0.1, 0.15) is 37.0 Å². The average Bonchev–Trinajstić information content (AvgIpc) is 2.78. The third-order valence-electron chi connectivity index (χ3n) is 5.49. The van der Waals surface area contributed by atoms with Crippen LogP contribution in [0.25, 0.3) is 0 Å². The number of rotatable bonds is 11. The van der Waals surface area contributed by atoms with Gasteiger partial charge in [-0.2, -0.15) is 0 Å². The fourth-order valence-electron chi connectivity index (χ4n) is 3.69. The van der Waals surface area contributed by atoms with E-state index in [9.17, 15) is 18.0 Å². The van der Waals surface area contributed by atoms with Gasteiger partial charge in [0.05, 0.1) is 19.1 Å². The number of methoxy groups -OCH3 is 1. The zero-order chi connectivity index (χ0) is 25.5. The summed E-state index contributed by atoms with van der Waals surface area (Å²) < 4.78 is 31.9. The zero-order valence-electron chi connectivity index (χ0n) is 20.8. The molecule has 186 valence electrons. The maximum Gasteiger partial charge on any atom is 0.244 e. The molecule has 1 unspecified atom stereocenters. The van der Waals surface area contributed by atoms with Gasteiger partial charge in [-0.05, 0) is 50.5 Å². The first kappa shape index (κ1) is 27.2. The summed E-state index contributed by atoms with van der Waals surface area (Å²) in [4.78, 5) is 27.9. The molecular weight excluding hydrogens is 454 g/mol. The number of carbonyl (C=O) groups excluding carboxylic acids is 2. The lowest BCUT2D eigenvalue weighted by Gasteiger charge is -2.33. The average molecular weight is 490 g/mol. The Balaban J connectivity index is 2.49. The third-order valence-corrected chi connectivity index (χ3v) is 6.62. The molecule has 34 heavy (non-hydrogen) atoms.